The Morgan fingerprint density at radius 1 is 1.22 bits per heavy atom. The summed E-state index contributed by atoms with van der Waals surface area (Å²) in [6.45, 7) is 3.81. The largest absolute Gasteiger partial charge is 0.352 e. The van der Waals surface area contributed by atoms with E-state index in [1.165, 1.54) is 6.42 Å². The van der Waals surface area contributed by atoms with Gasteiger partial charge in [-0.3, -0.25) is 14.5 Å². The molecule has 1 atom stereocenters. The lowest BCUT2D eigenvalue weighted by molar-refractivity contribution is -0.135. The SMILES string of the molecule is CCC[C@H](C)NC(=O)CN1C(=O)NC2(CCCCCCC2)C1=O. The van der Waals surface area contributed by atoms with Gasteiger partial charge in [-0.05, 0) is 26.2 Å². The minimum Gasteiger partial charge on any atom is -0.352 e. The second-order valence-electron chi connectivity index (χ2n) is 6.93. The third kappa shape index (κ3) is 4.24. The van der Waals surface area contributed by atoms with Gasteiger partial charge in [-0.15, -0.1) is 0 Å². The van der Waals surface area contributed by atoms with Crippen LogP contribution in [0.4, 0.5) is 4.79 Å². The molecule has 2 fully saturated rings. The number of nitrogens with one attached hydrogen (secondary N) is 2. The normalized spacial score (nSPS) is 22.4. The number of hydrogen-bond acceptors (Lipinski definition) is 3. The summed E-state index contributed by atoms with van der Waals surface area (Å²) >= 11 is 0. The number of carbonyl (C=O) groups excluding carboxylic acids is 3. The first-order chi connectivity index (χ1) is 11.0. The summed E-state index contributed by atoms with van der Waals surface area (Å²) in [4.78, 5) is 38.2. The number of nitrogens with zero attached hydrogens (tertiary/aromatic N) is 1. The molecule has 1 heterocycles. The van der Waals surface area contributed by atoms with E-state index in [2.05, 4.69) is 17.6 Å². The molecule has 0 aromatic rings. The van der Waals surface area contributed by atoms with Crippen molar-refractivity contribution in [2.75, 3.05) is 6.54 Å². The van der Waals surface area contributed by atoms with Gasteiger partial charge in [-0.1, -0.05) is 45.4 Å². The van der Waals surface area contributed by atoms with Gasteiger partial charge in [0.1, 0.15) is 12.1 Å². The van der Waals surface area contributed by atoms with Gasteiger partial charge in [0.05, 0.1) is 0 Å². The Labute approximate surface area is 138 Å². The zero-order chi connectivity index (χ0) is 16.9. The van der Waals surface area contributed by atoms with Crippen LogP contribution < -0.4 is 10.6 Å². The van der Waals surface area contributed by atoms with Crippen LogP contribution in [-0.2, 0) is 9.59 Å². The zero-order valence-corrected chi connectivity index (χ0v) is 14.3. The topological polar surface area (TPSA) is 78.5 Å². The predicted molar refractivity (Wildman–Crippen MR) is 87.8 cm³/mol. The van der Waals surface area contributed by atoms with Gasteiger partial charge in [-0.25, -0.2) is 4.79 Å². The number of carbonyl (C=O) groups is 3. The highest BCUT2D eigenvalue weighted by Gasteiger charge is 2.50. The fourth-order valence-electron chi connectivity index (χ4n) is 3.64. The maximum Gasteiger partial charge on any atom is 0.325 e. The van der Waals surface area contributed by atoms with Gasteiger partial charge in [0, 0.05) is 6.04 Å². The summed E-state index contributed by atoms with van der Waals surface area (Å²) in [5.41, 5.74) is -0.771. The van der Waals surface area contributed by atoms with Crippen LogP contribution in [0.15, 0.2) is 0 Å². The molecule has 2 N–H and O–H groups in total. The summed E-state index contributed by atoms with van der Waals surface area (Å²) < 4.78 is 0. The van der Waals surface area contributed by atoms with Crippen LogP contribution in [0.2, 0.25) is 0 Å². The van der Waals surface area contributed by atoms with Gasteiger partial charge < -0.3 is 10.6 Å². The molecule has 0 unspecified atom stereocenters. The Bertz CT molecular complexity index is 456. The Morgan fingerprint density at radius 2 is 1.83 bits per heavy atom. The molecule has 2 aliphatic rings. The molecule has 6 heteroatoms. The molecule has 1 spiro atoms. The predicted octanol–water partition coefficient (Wildman–Crippen LogP) is 2.33. The fraction of sp³-hybridized carbons (Fsp3) is 0.824. The molecular formula is C17H29N3O3. The van der Waals surface area contributed by atoms with E-state index in [9.17, 15) is 14.4 Å². The molecule has 130 valence electrons. The summed E-state index contributed by atoms with van der Waals surface area (Å²) in [7, 11) is 0. The molecule has 0 aromatic carbocycles. The lowest BCUT2D eigenvalue weighted by Crippen LogP contribution is -2.48. The van der Waals surface area contributed by atoms with Gasteiger partial charge in [0.25, 0.3) is 5.91 Å². The first-order valence-corrected chi connectivity index (χ1v) is 8.92. The van der Waals surface area contributed by atoms with Crippen molar-refractivity contribution in [1.82, 2.24) is 15.5 Å². The average Bonchev–Trinajstić information content (AvgIpc) is 2.68. The Kier molecular flexibility index (Phi) is 6.02. The lowest BCUT2D eigenvalue weighted by Gasteiger charge is -2.28. The Balaban J connectivity index is 1.98. The van der Waals surface area contributed by atoms with Crippen molar-refractivity contribution in [3.05, 3.63) is 0 Å². The number of rotatable bonds is 5. The molecular weight excluding hydrogens is 294 g/mol. The third-order valence-corrected chi connectivity index (χ3v) is 4.88. The van der Waals surface area contributed by atoms with Crippen molar-refractivity contribution in [3.63, 3.8) is 0 Å². The molecule has 1 saturated heterocycles. The number of urea groups is 1. The van der Waals surface area contributed by atoms with Crippen molar-refractivity contribution in [2.24, 2.45) is 0 Å². The minimum absolute atomic E-state index is 0.0589. The summed E-state index contributed by atoms with van der Waals surface area (Å²) in [5.74, 6) is -0.486. The second-order valence-corrected chi connectivity index (χ2v) is 6.93. The number of imide groups is 1. The maximum absolute atomic E-state index is 12.8. The van der Waals surface area contributed by atoms with E-state index in [-0.39, 0.29) is 24.4 Å². The molecule has 23 heavy (non-hydrogen) atoms. The van der Waals surface area contributed by atoms with Crippen LogP contribution in [0.25, 0.3) is 0 Å². The van der Waals surface area contributed by atoms with Gasteiger partial charge in [0.15, 0.2) is 0 Å². The molecule has 1 saturated carbocycles. The highest BCUT2D eigenvalue weighted by Crippen LogP contribution is 2.31. The molecule has 1 aliphatic heterocycles. The molecule has 4 amide bonds. The highest BCUT2D eigenvalue weighted by molar-refractivity contribution is 6.09. The van der Waals surface area contributed by atoms with Crippen molar-refractivity contribution in [2.45, 2.75) is 83.2 Å². The van der Waals surface area contributed by atoms with E-state index < -0.39 is 11.6 Å². The molecule has 0 aromatic heterocycles. The van der Waals surface area contributed by atoms with Crippen molar-refractivity contribution >= 4 is 17.8 Å². The standard InChI is InChI=1S/C17H29N3O3/c1-3-9-13(2)18-14(21)12-20-15(22)17(19-16(20)23)10-7-5-4-6-8-11-17/h13H,3-12H2,1-2H3,(H,18,21)(H,19,23)/t13-/m0/s1. The summed E-state index contributed by atoms with van der Waals surface area (Å²) in [5, 5.41) is 5.73. The van der Waals surface area contributed by atoms with Gasteiger partial charge in [0.2, 0.25) is 5.91 Å². The smallest absolute Gasteiger partial charge is 0.325 e. The van der Waals surface area contributed by atoms with Crippen molar-refractivity contribution < 1.29 is 14.4 Å². The molecule has 2 rings (SSSR count). The van der Waals surface area contributed by atoms with E-state index >= 15 is 0 Å². The first-order valence-electron chi connectivity index (χ1n) is 8.92. The van der Waals surface area contributed by atoms with Crippen molar-refractivity contribution in [1.29, 1.82) is 0 Å². The third-order valence-electron chi connectivity index (χ3n) is 4.88. The minimum atomic E-state index is -0.771. The summed E-state index contributed by atoms with van der Waals surface area (Å²) in [6, 6.07) is -0.363. The second kappa shape index (κ2) is 7.79. The first kappa shape index (κ1) is 17.8. The molecule has 0 radical (unpaired) electrons. The van der Waals surface area contributed by atoms with Crippen LogP contribution in [0.5, 0.6) is 0 Å². The summed E-state index contributed by atoms with van der Waals surface area (Å²) in [6.07, 6.45) is 8.51. The lowest BCUT2D eigenvalue weighted by atomic mass is 9.84. The zero-order valence-electron chi connectivity index (χ0n) is 14.3. The molecule has 0 bridgehead atoms. The van der Waals surface area contributed by atoms with E-state index in [1.807, 2.05) is 6.92 Å². The van der Waals surface area contributed by atoms with Gasteiger partial charge in [-0.2, -0.15) is 0 Å². The maximum atomic E-state index is 12.8. The van der Waals surface area contributed by atoms with Crippen LogP contribution in [0.1, 0.15) is 71.6 Å². The average molecular weight is 323 g/mol. The van der Waals surface area contributed by atoms with Crippen LogP contribution in [0, 0.1) is 0 Å². The van der Waals surface area contributed by atoms with E-state index in [0.29, 0.717) is 12.8 Å². The Morgan fingerprint density at radius 3 is 2.43 bits per heavy atom. The van der Waals surface area contributed by atoms with Crippen LogP contribution in [0.3, 0.4) is 0 Å². The number of hydrogen-bond donors (Lipinski definition) is 2. The van der Waals surface area contributed by atoms with Crippen LogP contribution >= 0.6 is 0 Å². The highest BCUT2D eigenvalue weighted by atomic mass is 16.2. The van der Waals surface area contributed by atoms with Crippen LogP contribution in [-0.4, -0.2) is 40.9 Å². The van der Waals surface area contributed by atoms with E-state index in [1.54, 1.807) is 0 Å². The monoisotopic (exact) mass is 323 g/mol. The quantitative estimate of drug-likeness (QED) is 0.762. The molecule has 6 nitrogen and oxygen atoms in total. The fourth-order valence-corrected chi connectivity index (χ4v) is 3.64. The number of amides is 4. The van der Waals surface area contributed by atoms with Crippen molar-refractivity contribution in [3.8, 4) is 0 Å². The Hall–Kier alpha value is -1.59. The molecule has 1 aliphatic carbocycles. The van der Waals surface area contributed by atoms with E-state index in [4.69, 9.17) is 0 Å². The van der Waals surface area contributed by atoms with E-state index in [0.717, 1.165) is 43.4 Å². The van der Waals surface area contributed by atoms with Gasteiger partial charge >= 0.3 is 6.03 Å².